The second kappa shape index (κ2) is 6.40. The average molecular weight is 248 g/mol. The van der Waals surface area contributed by atoms with E-state index in [9.17, 15) is 4.79 Å². The number of aliphatic hydroxyl groups excluding tert-OH is 1. The van der Waals surface area contributed by atoms with E-state index in [4.69, 9.17) is 5.11 Å². The summed E-state index contributed by atoms with van der Waals surface area (Å²) < 4.78 is 0. The third-order valence-corrected chi connectivity index (χ3v) is 3.35. The maximum absolute atomic E-state index is 12.0. The van der Waals surface area contributed by atoms with Crippen molar-refractivity contribution in [3.63, 3.8) is 0 Å². The molecule has 0 radical (unpaired) electrons. The molecule has 0 aromatic heterocycles. The van der Waals surface area contributed by atoms with Gasteiger partial charge in [-0.2, -0.15) is 0 Å². The Morgan fingerprint density at radius 3 is 2.89 bits per heavy atom. The number of hydrogen-bond acceptors (Lipinski definition) is 3. The zero-order chi connectivity index (χ0) is 12.8. The van der Waals surface area contributed by atoms with Crippen LogP contribution in [0.15, 0.2) is 30.3 Å². The minimum Gasteiger partial charge on any atom is -0.396 e. The van der Waals surface area contributed by atoms with Crippen LogP contribution in [0.25, 0.3) is 0 Å². The van der Waals surface area contributed by atoms with Crippen molar-refractivity contribution in [1.82, 2.24) is 4.90 Å². The first kappa shape index (κ1) is 12.9. The lowest BCUT2D eigenvalue weighted by Gasteiger charge is -2.32. The smallest absolute Gasteiger partial charge is 0.241 e. The Balaban J connectivity index is 1.81. The SMILES string of the molecule is O=C(CNc1ccccc1)N1CCCC(CO)C1. The second-order valence-electron chi connectivity index (χ2n) is 4.75. The normalized spacial score (nSPS) is 19.6. The molecule has 1 saturated heterocycles. The van der Waals surface area contributed by atoms with Gasteiger partial charge in [-0.05, 0) is 30.9 Å². The summed E-state index contributed by atoms with van der Waals surface area (Å²) in [5, 5.41) is 12.3. The number of para-hydroxylation sites is 1. The Hall–Kier alpha value is -1.55. The highest BCUT2D eigenvalue weighted by Gasteiger charge is 2.22. The fourth-order valence-corrected chi connectivity index (χ4v) is 2.29. The van der Waals surface area contributed by atoms with E-state index in [0.29, 0.717) is 13.1 Å². The number of aliphatic hydroxyl groups is 1. The second-order valence-corrected chi connectivity index (χ2v) is 4.75. The molecule has 1 unspecified atom stereocenters. The summed E-state index contributed by atoms with van der Waals surface area (Å²) in [7, 11) is 0. The van der Waals surface area contributed by atoms with E-state index in [0.717, 1.165) is 25.1 Å². The van der Waals surface area contributed by atoms with Gasteiger partial charge >= 0.3 is 0 Å². The number of carbonyl (C=O) groups is 1. The van der Waals surface area contributed by atoms with E-state index in [-0.39, 0.29) is 18.4 Å². The lowest BCUT2D eigenvalue weighted by Crippen LogP contribution is -2.43. The predicted molar refractivity (Wildman–Crippen MR) is 71.3 cm³/mol. The summed E-state index contributed by atoms with van der Waals surface area (Å²) in [6.07, 6.45) is 2.01. The molecular weight excluding hydrogens is 228 g/mol. The first-order chi connectivity index (χ1) is 8.79. The fraction of sp³-hybridized carbons (Fsp3) is 0.500. The van der Waals surface area contributed by atoms with Gasteiger partial charge < -0.3 is 15.3 Å². The maximum atomic E-state index is 12.0. The average Bonchev–Trinajstić information content (AvgIpc) is 2.46. The number of amides is 1. The van der Waals surface area contributed by atoms with Crippen molar-refractivity contribution in [2.45, 2.75) is 12.8 Å². The molecule has 1 amide bonds. The molecule has 0 bridgehead atoms. The third kappa shape index (κ3) is 3.47. The quantitative estimate of drug-likeness (QED) is 0.845. The fourth-order valence-electron chi connectivity index (χ4n) is 2.29. The standard InChI is InChI=1S/C14H20N2O2/c17-11-12-5-4-8-16(10-12)14(18)9-15-13-6-2-1-3-7-13/h1-3,6-7,12,15,17H,4-5,8-11H2. The number of anilines is 1. The van der Waals surface area contributed by atoms with Gasteiger partial charge in [0.25, 0.3) is 0 Å². The Morgan fingerprint density at radius 1 is 1.39 bits per heavy atom. The third-order valence-electron chi connectivity index (χ3n) is 3.35. The van der Waals surface area contributed by atoms with Gasteiger partial charge in [-0.25, -0.2) is 0 Å². The predicted octanol–water partition coefficient (Wildman–Crippen LogP) is 1.33. The van der Waals surface area contributed by atoms with E-state index in [1.165, 1.54) is 0 Å². The van der Waals surface area contributed by atoms with E-state index in [1.54, 1.807) is 0 Å². The van der Waals surface area contributed by atoms with Gasteiger partial charge in [0.2, 0.25) is 5.91 Å². The minimum absolute atomic E-state index is 0.108. The van der Waals surface area contributed by atoms with Crippen LogP contribution in [0.1, 0.15) is 12.8 Å². The number of likely N-dealkylation sites (tertiary alicyclic amines) is 1. The molecule has 18 heavy (non-hydrogen) atoms. The summed E-state index contributed by atoms with van der Waals surface area (Å²) >= 11 is 0. The number of rotatable bonds is 4. The van der Waals surface area contributed by atoms with Crippen LogP contribution < -0.4 is 5.32 Å². The van der Waals surface area contributed by atoms with Crippen LogP contribution in [-0.2, 0) is 4.79 Å². The number of carbonyl (C=O) groups excluding carboxylic acids is 1. The van der Waals surface area contributed by atoms with Gasteiger partial charge in [0.05, 0.1) is 6.54 Å². The van der Waals surface area contributed by atoms with Crippen molar-refractivity contribution in [1.29, 1.82) is 0 Å². The lowest BCUT2D eigenvalue weighted by molar-refractivity contribution is -0.131. The van der Waals surface area contributed by atoms with Gasteiger partial charge in [-0.3, -0.25) is 4.79 Å². The van der Waals surface area contributed by atoms with Gasteiger partial charge in [0.15, 0.2) is 0 Å². The van der Waals surface area contributed by atoms with Crippen molar-refractivity contribution in [2.24, 2.45) is 5.92 Å². The van der Waals surface area contributed by atoms with Crippen LogP contribution in [0, 0.1) is 5.92 Å². The number of benzene rings is 1. The van der Waals surface area contributed by atoms with Gasteiger partial charge in [-0.1, -0.05) is 18.2 Å². The topological polar surface area (TPSA) is 52.6 Å². The summed E-state index contributed by atoms with van der Waals surface area (Å²) in [5.74, 6) is 0.358. The van der Waals surface area contributed by atoms with Crippen LogP contribution in [0.4, 0.5) is 5.69 Å². The lowest BCUT2D eigenvalue weighted by atomic mass is 9.99. The van der Waals surface area contributed by atoms with E-state index >= 15 is 0 Å². The molecule has 1 aliphatic heterocycles. The highest BCUT2D eigenvalue weighted by atomic mass is 16.3. The Bertz CT molecular complexity index is 381. The van der Waals surface area contributed by atoms with Crippen LogP contribution >= 0.6 is 0 Å². The highest BCUT2D eigenvalue weighted by molar-refractivity contribution is 5.80. The molecule has 1 aromatic carbocycles. The summed E-state index contributed by atoms with van der Waals surface area (Å²) in [6.45, 7) is 2.00. The van der Waals surface area contributed by atoms with Gasteiger partial charge in [0.1, 0.15) is 0 Å². The zero-order valence-electron chi connectivity index (χ0n) is 10.5. The first-order valence-corrected chi connectivity index (χ1v) is 6.47. The van der Waals surface area contributed by atoms with Gasteiger partial charge in [0, 0.05) is 25.4 Å². The molecule has 0 saturated carbocycles. The van der Waals surface area contributed by atoms with Crippen molar-refractivity contribution >= 4 is 11.6 Å². The van der Waals surface area contributed by atoms with Crippen molar-refractivity contribution in [3.05, 3.63) is 30.3 Å². The van der Waals surface area contributed by atoms with Crippen LogP contribution in [0.2, 0.25) is 0 Å². The summed E-state index contributed by atoms with van der Waals surface area (Å²) in [4.78, 5) is 13.9. The molecule has 98 valence electrons. The number of nitrogens with zero attached hydrogens (tertiary/aromatic N) is 1. The summed E-state index contributed by atoms with van der Waals surface area (Å²) in [5.41, 5.74) is 0.960. The molecule has 0 spiro atoms. The van der Waals surface area contributed by atoms with Crippen molar-refractivity contribution in [3.8, 4) is 0 Å². The Labute approximate surface area is 108 Å². The van der Waals surface area contributed by atoms with Crippen LogP contribution in [0.5, 0.6) is 0 Å². The zero-order valence-corrected chi connectivity index (χ0v) is 10.5. The summed E-state index contributed by atoms with van der Waals surface area (Å²) in [6, 6.07) is 9.72. The molecule has 1 heterocycles. The molecule has 1 aromatic rings. The Morgan fingerprint density at radius 2 is 2.17 bits per heavy atom. The van der Waals surface area contributed by atoms with Crippen LogP contribution in [0.3, 0.4) is 0 Å². The number of nitrogens with one attached hydrogen (secondary N) is 1. The largest absolute Gasteiger partial charge is 0.396 e. The van der Waals surface area contributed by atoms with Gasteiger partial charge in [-0.15, -0.1) is 0 Å². The molecule has 0 aliphatic carbocycles. The van der Waals surface area contributed by atoms with Crippen molar-refractivity contribution < 1.29 is 9.90 Å². The molecule has 4 nitrogen and oxygen atoms in total. The molecular formula is C14H20N2O2. The molecule has 4 heteroatoms. The Kier molecular flexibility index (Phi) is 4.59. The highest BCUT2D eigenvalue weighted by Crippen LogP contribution is 2.16. The number of piperidine rings is 1. The molecule has 1 aliphatic rings. The number of hydrogen-bond donors (Lipinski definition) is 2. The molecule has 2 N–H and O–H groups in total. The molecule has 1 fully saturated rings. The monoisotopic (exact) mass is 248 g/mol. The van der Waals surface area contributed by atoms with E-state index in [1.807, 2.05) is 35.2 Å². The molecule has 2 rings (SSSR count). The minimum atomic E-state index is 0.108. The molecule has 1 atom stereocenters. The van der Waals surface area contributed by atoms with Crippen LogP contribution in [-0.4, -0.2) is 42.2 Å². The van der Waals surface area contributed by atoms with Crippen molar-refractivity contribution in [2.75, 3.05) is 31.6 Å². The maximum Gasteiger partial charge on any atom is 0.241 e. The van der Waals surface area contributed by atoms with E-state index in [2.05, 4.69) is 5.32 Å². The first-order valence-electron chi connectivity index (χ1n) is 6.47. The van der Waals surface area contributed by atoms with E-state index < -0.39 is 0 Å².